The van der Waals surface area contributed by atoms with Crippen LogP contribution in [0.1, 0.15) is 36.1 Å². The molecule has 3 atom stereocenters. The van der Waals surface area contributed by atoms with Crippen molar-refractivity contribution < 1.29 is 34.1 Å². The molecule has 1 aliphatic carbocycles. The number of aliphatic hydroxyl groups is 1. The molecule has 13 heteroatoms. The number of anilines is 1. The molecule has 1 saturated carbocycles. The number of hydrogen-bond acceptors (Lipinski definition) is 7. The standard InChI is InChI=1S/C31H29Cl2N3O7S/c32-20-5-1-18(2-6-20)24(37)17-44-28-27(36(29(28)40)22-9-7-21(33)8-10-22)19-3-11-23(12-4-19)43-16-26(39)34-15-25(38)35-31(13-14-31)30(41)42/h1-12,24,27-28,37H,13-17H2,(H,34,39)(H,35,38)(H,41,42)/t24-,27+,28+/m0/s1. The molecule has 44 heavy (non-hydrogen) atoms. The van der Waals surface area contributed by atoms with E-state index in [1.54, 1.807) is 65.6 Å². The number of carbonyl (C=O) groups excluding carboxylic acids is 3. The van der Waals surface area contributed by atoms with Gasteiger partial charge >= 0.3 is 5.97 Å². The number of carboxylic acid groups (broad SMARTS) is 1. The predicted octanol–water partition coefficient (Wildman–Crippen LogP) is 4.15. The van der Waals surface area contributed by atoms with Gasteiger partial charge in [0.2, 0.25) is 11.8 Å². The van der Waals surface area contributed by atoms with Crippen LogP contribution in [0.3, 0.4) is 0 Å². The predicted molar refractivity (Wildman–Crippen MR) is 167 cm³/mol. The molecule has 5 rings (SSSR count). The summed E-state index contributed by atoms with van der Waals surface area (Å²) in [7, 11) is 0. The third-order valence-electron chi connectivity index (χ3n) is 7.41. The summed E-state index contributed by atoms with van der Waals surface area (Å²) in [5, 5.41) is 25.4. The minimum atomic E-state index is -1.22. The van der Waals surface area contributed by atoms with Gasteiger partial charge < -0.3 is 30.5 Å². The third-order valence-corrected chi connectivity index (χ3v) is 9.25. The molecule has 3 aromatic carbocycles. The van der Waals surface area contributed by atoms with Crippen molar-refractivity contribution in [3.8, 4) is 5.75 Å². The van der Waals surface area contributed by atoms with Crippen LogP contribution in [0.15, 0.2) is 72.8 Å². The summed E-state index contributed by atoms with van der Waals surface area (Å²) in [6.45, 7) is -0.714. The van der Waals surface area contributed by atoms with Gasteiger partial charge in [0.1, 0.15) is 16.5 Å². The molecule has 1 heterocycles. The number of halogens is 2. The number of ether oxygens (including phenoxy) is 1. The van der Waals surface area contributed by atoms with Crippen LogP contribution in [0.2, 0.25) is 10.0 Å². The molecule has 0 spiro atoms. The highest BCUT2D eigenvalue weighted by Crippen LogP contribution is 2.46. The zero-order valence-electron chi connectivity index (χ0n) is 23.2. The lowest BCUT2D eigenvalue weighted by Gasteiger charge is -2.47. The molecule has 1 saturated heterocycles. The van der Waals surface area contributed by atoms with Gasteiger partial charge in [-0.05, 0) is 72.5 Å². The Morgan fingerprint density at radius 1 is 0.955 bits per heavy atom. The van der Waals surface area contributed by atoms with Crippen LogP contribution in [-0.2, 0) is 19.2 Å². The Bertz CT molecular complexity index is 1530. The second-order valence-corrected chi connectivity index (χ2v) is 12.6. The van der Waals surface area contributed by atoms with Gasteiger partial charge in [0.05, 0.1) is 18.7 Å². The van der Waals surface area contributed by atoms with E-state index in [1.807, 2.05) is 12.1 Å². The average Bonchev–Trinajstić information content (AvgIpc) is 3.80. The van der Waals surface area contributed by atoms with E-state index in [4.69, 9.17) is 33.0 Å². The van der Waals surface area contributed by atoms with Crippen molar-refractivity contribution in [3.05, 3.63) is 94.0 Å². The molecule has 3 amide bonds. The number of carboxylic acids is 1. The number of thioether (sulfide) groups is 1. The molecule has 4 N–H and O–H groups in total. The quantitative estimate of drug-likeness (QED) is 0.201. The van der Waals surface area contributed by atoms with E-state index in [2.05, 4.69) is 10.6 Å². The van der Waals surface area contributed by atoms with Crippen molar-refractivity contribution >= 4 is 64.3 Å². The van der Waals surface area contributed by atoms with Crippen LogP contribution >= 0.6 is 35.0 Å². The lowest BCUT2D eigenvalue weighted by molar-refractivity contribution is -0.143. The summed E-state index contributed by atoms with van der Waals surface area (Å²) in [6.07, 6.45) is -0.0631. The Morgan fingerprint density at radius 3 is 2.16 bits per heavy atom. The highest BCUT2D eigenvalue weighted by atomic mass is 35.5. The molecular weight excluding hydrogens is 629 g/mol. The summed E-state index contributed by atoms with van der Waals surface area (Å²) in [6, 6.07) is 20.6. The van der Waals surface area contributed by atoms with Crippen molar-refractivity contribution in [2.24, 2.45) is 0 Å². The van der Waals surface area contributed by atoms with Gasteiger partial charge in [0, 0.05) is 21.5 Å². The number of β-lactam (4-membered cyclic amide) rings is 1. The van der Waals surface area contributed by atoms with E-state index in [0.717, 1.165) is 5.56 Å². The number of carbonyl (C=O) groups is 4. The summed E-state index contributed by atoms with van der Waals surface area (Å²) in [5.41, 5.74) is 1.01. The number of aliphatic carboxylic acids is 1. The van der Waals surface area contributed by atoms with Crippen LogP contribution in [0.5, 0.6) is 5.75 Å². The Hall–Kier alpha value is -3.77. The van der Waals surface area contributed by atoms with Gasteiger partial charge in [-0.1, -0.05) is 47.5 Å². The minimum Gasteiger partial charge on any atom is -0.484 e. The molecular formula is C31H29Cl2N3O7S. The van der Waals surface area contributed by atoms with E-state index in [1.165, 1.54) is 11.8 Å². The first kappa shape index (κ1) is 31.6. The number of benzene rings is 3. The Morgan fingerprint density at radius 2 is 1.57 bits per heavy atom. The van der Waals surface area contributed by atoms with Gasteiger partial charge in [-0.25, -0.2) is 4.79 Å². The molecule has 1 aliphatic heterocycles. The molecule has 0 aromatic heterocycles. The largest absolute Gasteiger partial charge is 0.484 e. The molecule has 230 valence electrons. The van der Waals surface area contributed by atoms with Crippen molar-refractivity contribution in [2.45, 2.75) is 35.8 Å². The summed E-state index contributed by atoms with van der Waals surface area (Å²) < 4.78 is 5.57. The van der Waals surface area contributed by atoms with Crippen LogP contribution in [0, 0.1) is 0 Å². The lowest BCUT2D eigenvalue weighted by atomic mass is 9.92. The first-order chi connectivity index (χ1) is 21.1. The fourth-order valence-corrected chi connectivity index (χ4v) is 6.33. The summed E-state index contributed by atoms with van der Waals surface area (Å²) in [4.78, 5) is 50.4. The molecule has 0 radical (unpaired) electrons. The molecule has 0 bridgehead atoms. The van der Waals surface area contributed by atoms with Crippen molar-refractivity contribution in [1.82, 2.24) is 10.6 Å². The van der Waals surface area contributed by atoms with E-state index in [-0.39, 0.29) is 25.1 Å². The molecule has 2 aliphatic rings. The average molecular weight is 659 g/mol. The number of nitrogens with one attached hydrogen (secondary N) is 2. The highest BCUT2D eigenvalue weighted by molar-refractivity contribution is 8.00. The first-order valence-electron chi connectivity index (χ1n) is 13.7. The van der Waals surface area contributed by atoms with Crippen LogP contribution < -0.4 is 20.3 Å². The molecule has 0 unspecified atom stereocenters. The third kappa shape index (κ3) is 7.29. The topological polar surface area (TPSA) is 145 Å². The maximum atomic E-state index is 13.3. The van der Waals surface area contributed by atoms with Gasteiger partial charge in [0.15, 0.2) is 6.61 Å². The van der Waals surface area contributed by atoms with Crippen molar-refractivity contribution in [1.29, 1.82) is 0 Å². The Kier molecular flexibility index (Phi) is 9.69. The van der Waals surface area contributed by atoms with Crippen LogP contribution in [-0.4, -0.2) is 63.6 Å². The molecule has 2 fully saturated rings. The number of nitrogens with zero attached hydrogens (tertiary/aromatic N) is 1. The van der Waals surface area contributed by atoms with Crippen molar-refractivity contribution in [3.63, 3.8) is 0 Å². The Balaban J connectivity index is 1.20. The highest BCUT2D eigenvalue weighted by Gasteiger charge is 2.51. The minimum absolute atomic E-state index is 0.0948. The number of rotatable bonds is 13. The second kappa shape index (κ2) is 13.5. The van der Waals surface area contributed by atoms with Crippen LogP contribution in [0.25, 0.3) is 0 Å². The lowest BCUT2D eigenvalue weighted by Crippen LogP contribution is -2.57. The van der Waals surface area contributed by atoms with Crippen molar-refractivity contribution in [2.75, 3.05) is 23.8 Å². The second-order valence-electron chi connectivity index (χ2n) is 10.5. The maximum Gasteiger partial charge on any atom is 0.329 e. The van der Waals surface area contributed by atoms with Gasteiger partial charge in [-0.2, -0.15) is 0 Å². The van der Waals surface area contributed by atoms with Gasteiger partial charge in [-0.15, -0.1) is 11.8 Å². The molecule has 3 aromatic rings. The summed E-state index contributed by atoms with van der Waals surface area (Å²) in [5.74, 6) is -1.61. The zero-order valence-corrected chi connectivity index (χ0v) is 25.6. The Labute approximate surface area is 267 Å². The number of hydrogen-bond donors (Lipinski definition) is 4. The normalized spacial score (nSPS) is 19.0. The SMILES string of the molecule is O=C(COc1ccc([C@@H]2[C@@H](SC[C@H](O)c3ccc(Cl)cc3)C(=O)N2c2ccc(Cl)cc2)cc1)NCC(=O)NC1(C(=O)O)CC1. The zero-order chi connectivity index (χ0) is 31.4. The maximum absolute atomic E-state index is 13.3. The smallest absolute Gasteiger partial charge is 0.329 e. The van der Waals surface area contributed by atoms with Gasteiger partial charge in [0.25, 0.3) is 5.91 Å². The van der Waals surface area contributed by atoms with Gasteiger partial charge in [-0.3, -0.25) is 14.4 Å². The summed E-state index contributed by atoms with van der Waals surface area (Å²) >= 11 is 13.4. The fraction of sp³-hybridized carbons (Fsp3) is 0.290. The number of aliphatic hydroxyl groups excluding tert-OH is 1. The molecule has 10 nitrogen and oxygen atoms in total. The van der Waals surface area contributed by atoms with E-state index in [0.29, 0.717) is 45.6 Å². The first-order valence-corrected chi connectivity index (χ1v) is 15.5. The fourth-order valence-electron chi connectivity index (χ4n) is 4.78. The monoisotopic (exact) mass is 657 g/mol. The number of amides is 3. The van der Waals surface area contributed by atoms with E-state index < -0.39 is 34.7 Å². The van der Waals surface area contributed by atoms with E-state index in [9.17, 15) is 24.3 Å². The van der Waals surface area contributed by atoms with E-state index >= 15 is 0 Å². The van der Waals surface area contributed by atoms with Crippen LogP contribution in [0.4, 0.5) is 5.69 Å².